The van der Waals surface area contributed by atoms with Crippen molar-refractivity contribution in [3.8, 4) is 5.75 Å². The van der Waals surface area contributed by atoms with Gasteiger partial charge in [0, 0.05) is 5.69 Å². The summed E-state index contributed by atoms with van der Waals surface area (Å²) < 4.78 is 1.57. The molecule has 1 heterocycles. The molecule has 3 N–H and O–H groups in total. The number of aromatic nitrogens is 2. The zero-order valence-corrected chi connectivity index (χ0v) is 12.5. The Morgan fingerprint density at radius 1 is 1.27 bits per heavy atom. The van der Waals surface area contributed by atoms with Gasteiger partial charge in [0.1, 0.15) is 12.3 Å². The fraction of sp³-hybridized carbons (Fsp3) is 0.267. The van der Waals surface area contributed by atoms with Gasteiger partial charge in [-0.1, -0.05) is 0 Å². The van der Waals surface area contributed by atoms with E-state index < -0.39 is 11.9 Å². The number of aryl methyl sites for hydroxylation is 1. The van der Waals surface area contributed by atoms with E-state index in [1.807, 2.05) is 20.8 Å². The van der Waals surface area contributed by atoms with Crippen LogP contribution in [-0.2, 0) is 11.3 Å². The van der Waals surface area contributed by atoms with E-state index in [2.05, 4.69) is 10.4 Å². The van der Waals surface area contributed by atoms with Gasteiger partial charge in [0.15, 0.2) is 0 Å². The third kappa shape index (κ3) is 3.08. The zero-order valence-electron chi connectivity index (χ0n) is 12.5. The Kier molecular flexibility index (Phi) is 4.16. The van der Waals surface area contributed by atoms with E-state index in [-0.39, 0.29) is 23.5 Å². The first-order chi connectivity index (χ1) is 10.3. The van der Waals surface area contributed by atoms with E-state index >= 15 is 0 Å². The number of phenolic OH excluding ortho intramolecular Hbond substituents is 1. The number of nitrogens with zero attached hydrogens (tertiary/aromatic N) is 2. The van der Waals surface area contributed by atoms with Crippen LogP contribution >= 0.6 is 0 Å². The average molecular weight is 303 g/mol. The van der Waals surface area contributed by atoms with Crippen LogP contribution in [0, 0.1) is 20.8 Å². The summed E-state index contributed by atoms with van der Waals surface area (Å²) in [4.78, 5) is 23.2. The number of aromatic hydroxyl groups is 1. The van der Waals surface area contributed by atoms with Crippen LogP contribution in [0.2, 0.25) is 0 Å². The molecule has 2 rings (SSSR count). The number of carbonyl (C=O) groups excluding carboxylic acids is 1. The number of rotatable bonds is 4. The van der Waals surface area contributed by atoms with Gasteiger partial charge < -0.3 is 15.5 Å². The topological polar surface area (TPSA) is 104 Å². The van der Waals surface area contributed by atoms with Gasteiger partial charge in [0.2, 0.25) is 5.91 Å². The minimum absolute atomic E-state index is 0.0134. The predicted octanol–water partition coefficient (Wildman–Crippen LogP) is 1.85. The van der Waals surface area contributed by atoms with Gasteiger partial charge >= 0.3 is 5.97 Å². The number of carboxylic acid groups (broad SMARTS) is 1. The molecule has 0 fully saturated rings. The molecule has 2 aromatic rings. The number of carbonyl (C=O) groups is 2. The first-order valence-electron chi connectivity index (χ1n) is 6.66. The largest absolute Gasteiger partial charge is 0.508 e. The molecule has 7 heteroatoms. The van der Waals surface area contributed by atoms with Crippen molar-refractivity contribution in [2.24, 2.45) is 0 Å². The molecule has 7 nitrogen and oxygen atoms in total. The fourth-order valence-corrected chi connectivity index (χ4v) is 2.08. The van der Waals surface area contributed by atoms with Crippen LogP contribution in [0.3, 0.4) is 0 Å². The van der Waals surface area contributed by atoms with E-state index in [4.69, 9.17) is 5.11 Å². The van der Waals surface area contributed by atoms with Crippen molar-refractivity contribution >= 4 is 17.6 Å². The van der Waals surface area contributed by atoms with Crippen LogP contribution < -0.4 is 5.32 Å². The standard InChI is InChI=1S/C15H17N3O4/c1-8-9(2)17-18(10(8)3)7-14(20)16-13-5-4-11(19)6-12(13)15(21)22/h4-6,19H,7H2,1-3H3,(H,16,20)(H,21,22). The van der Waals surface area contributed by atoms with Crippen molar-refractivity contribution in [2.75, 3.05) is 5.32 Å². The molecule has 0 aliphatic rings. The molecule has 0 saturated heterocycles. The van der Waals surface area contributed by atoms with Crippen LogP contribution in [0.4, 0.5) is 5.69 Å². The Morgan fingerprint density at radius 2 is 1.95 bits per heavy atom. The van der Waals surface area contributed by atoms with Crippen LogP contribution in [0.15, 0.2) is 18.2 Å². The highest BCUT2D eigenvalue weighted by Crippen LogP contribution is 2.21. The van der Waals surface area contributed by atoms with E-state index in [0.29, 0.717) is 0 Å². The summed E-state index contributed by atoms with van der Waals surface area (Å²) in [6, 6.07) is 3.75. The fourth-order valence-electron chi connectivity index (χ4n) is 2.08. The predicted molar refractivity (Wildman–Crippen MR) is 80.1 cm³/mol. The number of hydrogen-bond donors (Lipinski definition) is 3. The second-order valence-corrected chi connectivity index (χ2v) is 5.04. The summed E-state index contributed by atoms with van der Waals surface area (Å²) in [6.07, 6.45) is 0. The maximum absolute atomic E-state index is 12.1. The highest BCUT2D eigenvalue weighted by Gasteiger charge is 2.15. The minimum Gasteiger partial charge on any atom is -0.508 e. The Balaban J connectivity index is 2.19. The quantitative estimate of drug-likeness (QED) is 0.748. The number of phenols is 1. The molecule has 0 spiro atoms. The van der Waals surface area contributed by atoms with Crippen LogP contribution in [0.5, 0.6) is 5.75 Å². The zero-order chi connectivity index (χ0) is 16.4. The number of hydrogen-bond acceptors (Lipinski definition) is 4. The minimum atomic E-state index is -1.23. The lowest BCUT2D eigenvalue weighted by Gasteiger charge is -2.10. The molecule has 1 aromatic heterocycles. The maximum atomic E-state index is 12.1. The Bertz CT molecular complexity index is 749. The van der Waals surface area contributed by atoms with Crippen molar-refractivity contribution in [3.05, 3.63) is 40.7 Å². The SMILES string of the molecule is Cc1nn(CC(=O)Nc2ccc(O)cc2C(=O)O)c(C)c1C. The molecule has 0 atom stereocenters. The van der Waals surface area contributed by atoms with E-state index in [1.165, 1.54) is 12.1 Å². The van der Waals surface area contributed by atoms with Gasteiger partial charge in [-0.2, -0.15) is 5.10 Å². The van der Waals surface area contributed by atoms with Crippen molar-refractivity contribution in [1.29, 1.82) is 0 Å². The van der Waals surface area contributed by atoms with Gasteiger partial charge in [-0.15, -0.1) is 0 Å². The molecule has 0 saturated carbocycles. The molecule has 1 amide bonds. The molecule has 0 aliphatic carbocycles. The number of aromatic carboxylic acids is 1. The van der Waals surface area contributed by atoms with Crippen LogP contribution in [0.1, 0.15) is 27.3 Å². The Morgan fingerprint density at radius 3 is 2.50 bits per heavy atom. The number of nitrogens with one attached hydrogen (secondary N) is 1. The molecule has 1 aromatic carbocycles. The van der Waals surface area contributed by atoms with Gasteiger partial charge in [-0.05, 0) is 44.5 Å². The summed E-state index contributed by atoms with van der Waals surface area (Å²) in [5.41, 5.74) is 2.72. The normalized spacial score (nSPS) is 10.5. The highest BCUT2D eigenvalue weighted by molar-refractivity contribution is 6.00. The average Bonchev–Trinajstić information content (AvgIpc) is 2.68. The number of benzene rings is 1. The van der Waals surface area contributed by atoms with Crippen molar-refractivity contribution in [1.82, 2.24) is 9.78 Å². The number of carboxylic acids is 1. The van der Waals surface area contributed by atoms with Crippen molar-refractivity contribution in [2.45, 2.75) is 27.3 Å². The molecular weight excluding hydrogens is 286 g/mol. The van der Waals surface area contributed by atoms with E-state index in [9.17, 15) is 14.7 Å². The third-order valence-corrected chi connectivity index (χ3v) is 3.54. The van der Waals surface area contributed by atoms with E-state index in [1.54, 1.807) is 4.68 Å². The smallest absolute Gasteiger partial charge is 0.337 e. The highest BCUT2D eigenvalue weighted by atomic mass is 16.4. The van der Waals surface area contributed by atoms with Crippen molar-refractivity contribution in [3.63, 3.8) is 0 Å². The first-order valence-corrected chi connectivity index (χ1v) is 6.66. The molecule has 0 bridgehead atoms. The first kappa shape index (κ1) is 15.6. The Labute approximate surface area is 127 Å². The second kappa shape index (κ2) is 5.88. The van der Waals surface area contributed by atoms with Crippen LogP contribution in [0.25, 0.3) is 0 Å². The lowest BCUT2D eigenvalue weighted by molar-refractivity contribution is -0.116. The number of anilines is 1. The lowest BCUT2D eigenvalue weighted by Crippen LogP contribution is -2.21. The molecule has 22 heavy (non-hydrogen) atoms. The maximum Gasteiger partial charge on any atom is 0.337 e. The number of amides is 1. The van der Waals surface area contributed by atoms with Gasteiger partial charge in [0.05, 0.1) is 16.9 Å². The van der Waals surface area contributed by atoms with E-state index in [0.717, 1.165) is 23.0 Å². The van der Waals surface area contributed by atoms with Gasteiger partial charge in [-0.25, -0.2) is 4.79 Å². The molecule has 116 valence electrons. The van der Waals surface area contributed by atoms with Crippen molar-refractivity contribution < 1.29 is 19.8 Å². The lowest BCUT2D eigenvalue weighted by atomic mass is 10.1. The Hall–Kier alpha value is -2.83. The molecule has 0 radical (unpaired) electrons. The molecular formula is C15H17N3O4. The van der Waals surface area contributed by atoms with Crippen LogP contribution in [-0.4, -0.2) is 31.9 Å². The molecule has 0 aliphatic heterocycles. The van der Waals surface area contributed by atoms with Gasteiger partial charge in [-0.3, -0.25) is 9.48 Å². The second-order valence-electron chi connectivity index (χ2n) is 5.04. The van der Waals surface area contributed by atoms with Gasteiger partial charge in [0.25, 0.3) is 0 Å². The third-order valence-electron chi connectivity index (χ3n) is 3.54. The summed E-state index contributed by atoms with van der Waals surface area (Å²) in [5, 5.41) is 25.2. The monoisotopic (exact) mass is 303 g/mol. The summed E-state index contributed by atoms with van der Waals surface area (Å²) >= 11 is 0. The molecule has 0 unspecified atom stereocenters. The summed E-state index contributed by atoms with van der Waals surface area (Å²) in [6.45, 7) is 5.64. The summed E-state index contributed by atoms with van der Waals surface area (Å²) in [5.74, 6) is -1.79. The summed E-state index contributed by atoms with van der Waals surface area (Å²) in [7, 11) is 0.